The number of nitrogens with zero attached hydrogens (tertiary/aromatic N) is 6. The highest BCUT2D eigenvalue weighted by molar-refractivity contribution is 6.13. The molecule has 10 rings (SSSR count). The Hall–Kier alpha value is -5.23. The Morgan fingerprint density at radius 3 is 2.44 bits per heavy atom. The summed E-state index contributed by atoms with van der Waals surface area (Å²) in [6, 6.07) is 30.1. The zero-order valence-electron chi connectivity index (χ0n) is 29.8. The van der Waals surface area contributed by atoms with Crippen molar-refractivity contribution in [1.82, 2.24) is 14.4 Å². The molecule has 0 bridgehead atoms. The predicted molar refractivity (Wildman–Crippen MR) is 204 cm³/mol. The Kier molecular flexibility index (Phi) is 6.17. The molecule has 0 amide bonds. The second-order valence-corrected chi connectivity index (χ2v) is 15.0. The maximum Gasteiger partial charge on any atom is 0.295 e. The average Bonchev–Trinajstić information content (AvgIpc) is 3.74. The van der Waals surface area contributed by atoms with Crippen LogP contribution in [0.3, 0.4) is 0 Å². The molecule has 0 radical (unpaired) electrons. The van der Waals surface area contributed by atoms with E-state index in [4.69, 9.17) is 4.98 Å². The lowest BCUT2D eigenvalue weighted by Crippen LogP contribution is -2.51. The number of pyridine rings is 1. The van der Waals surface area contributed by atoms with E-state index in [9.17, 15) is 0 Å². The minimum absolute atomic E-state index is 0.0721. The largest absolute Gasteiger partial charge is 0.336 e. The number of benzene rings is 4. The van der Waals surface area contributed by atoms with Gasteiger partial charge in [0, 0.05) is 46.3 Å². The van der Waals surface area contributed by atoms with Crippen molar-refractivity contribution in [3.63, 3.8) is 0 Å². The van der Waals surface area contributed by atoms with Crippen molar-refractivity contribution in [2.24, 2.45) is 5.92 Å². The first kappa shape index (κ1) is 29.7. The third-order valence-electron chi connectivity index (χ3n) is 12.9. The van der Waals surface area contributed by atoms with Crippen molar-refractivity contribution >= 4 is 44.5 Å². The van der Waals surface area contributed by atoms with Gasteiger partial charge in [-0.2, -0.15) is 4.40 Å². The number of likely N-dealkylation sites (N-methyl/N-ethyl adjacent to an activating group) is 1. The molecule has 0 saturated carbocycles. The lowest BCUT2D eigenvalue weighted by Gasteiger charge is -2.44. The highest BCUT2D eigenvalue weighted by Crippen LogP contribution is 2.60. The zero-order chi connectivity index (χ0) is 34.1. The molecule has 0 aliphatic carbocycles. The van der Waals surface area contributed by atoms with E-state index in [0.717, 1.165) is 30.9 Å². The van der Waals surface area contributed by atoms with Gasteiger partial charge in [0.15, 0.2) is 11.5 Å². The second-order valence-electron chi connectivity index (χ2n) is 15.0. The summed E-state index contributed by atoms with van der Waals surface area (Å²) in [5, 5.41) is 4.09. The number of aryl methyl sites for hydroxylation is 3. The molecule has 248 valence electrons. The van der Waals surface area contributed by atoms with E-state index in [1.54, 1.807) is 6.33 Å². The van der Waals surface area contributed by atoms with Crippen molar-refractivity contribution in [3.05, 3.63) is 125 Å². The molecule has 3 aliphatic heterocycles. The lowest BCUT2D eigenvalue weighted by molar-refractivity contribution is -0.678. The fourth-order valence-electron chi connectivity index (χ4n) is 10.7. The first-order valence-electron chi connectivity index (χ1n) is 18.3. The molecule has 0 fully saturated rings. The van der Waals surface area contributed by atoms with Gasteiger partial charge in [0.05, 0.1) is 18.1 Å². The summed E-state index contributed by atoms with van der Waals surface area (Å²) >= 11 is 0. The molecule has 6 nitrogen and oxygen atoms in total. The first-order valence-corrected chi connectivity index (χ1v) is 18.3. The third-order valence-corrected chi connectivity index (χ3v) is 12.9. The van der Waals surface area contributed by atoms with Crippen LogP contribution in [-0.2, 0) is 12.0 Å². The standard InChI is InChI=1S/C44H43N6/c1-7-44(8-2)32-17-12-16-29-31-21-26(3)19-20-35(31)50-37(38-27(4)13-11-14-28(38)5)24-48(43(50)39(29)32)23-33(44)40-30-15-9-10-18-34(30)49-36-22-45-25-46-41(36)47(6)42(40)49/h9-22,24-25,33,40,42H,7-8,23H2,1-6H3/q+1. The summed E-state index contributed by atoms with van der Waals surface area (Å²) in [5.41, 5.74) is 14.3. The van der Waals surface area contributed by atoms with Crippen molar-refractivity contribution < 1.29 is 4.57 Å². The van der Waals surface area contributed by atoms with Crippen LogP contribution in [0.5, 0.6) is 0 Å². The maximum atomic E-state index is 4.82. The van der Waals surface area contributed by atoms with E-state index < -0.39 is 0 Å². The Labute approximate surface area is 293 Å². The monoisotopic (exact) mass is 655 g/mol. The van der Waals surface area contributed by atoms with E-state index in [2.05, 4.69) is 150 Å². The summed E-state index contributed by atoms with van der Waals surface area (Å²) in [4.78, 5) is 14.3. The van der Waals surface area contributed by atoms with Gasteiger partial charge >= 0.3 is 0 Å². The van der Waals surface area contributed by atoms with Crippen LogP contribution in [0.2, 0.25) is 0 Å². The van der Waals surface area contributed by atoms with E-state index in [1.807, 2.05) is 6.20 Å². The van der Waals surface area contributed by atoms with E-state index in [0.29, 0.717) is 5.92 Å². The Bertz CT molecular complexity index is 2520. The third kappa shape index (κ3) is 3.61. The van der Waals surface area contributed by atoms with Gasteiger partial charge in [-0.15, -0.1) is 0 Å². The highest BCUT2D eigenvalue weighted by Gasteiger charge is 2.57. The van der Waals surface area contributed by atoms with Gasteiger partial charge in [-0.3, -0.25) is 0 Å². The van der Waals surface area contributed by atoms with Crippen LogP contribution in [0.4, 0.5) is 17.2 Å². The van der Waals surface area contributed by atoms with E-state index in [-0.39, 0.29) is 17.5 Å². The van der Waals surface area contributed by atoms with Crippen molar-refractivity contribution in [1.29, 1.82) is 0 Å². The zero-order valence-corrected chi connectivity index (χ0v) is 29.8. The number of imidazole rings is 1. The molecular formula is C44H43N6+. The fraction of sp³-hybridized carbons (Fsp3) is 0.295. The minimum Gasteiger partial charge on any atom is -0.336 e. The van der Waals surface area contributed by atoms with Gasteiger partial charge in [0.2, 0.25) is 0 Å². The van der Waals surface area contributed by atoms with E-state index in [1.165, 1.54) is 72.1 Å². The quantitative estimate of drug-likeness (QED) is 0.140. The molecule has 0 N–H and O–H groups in total. The molecule has 50 heavy (non-hydrogen) atoms. The molecule has 0 spiro atoms. The molecule has 3 unspecified atom stereocenters. The maximum absolute atomic E-state index is 4.82. The number of hydrogen-bond acceptors (Lipinski definition) is 4. The molecule has 4 aromatic carbocycles. The fourth-order valence-corrected chi connectivity index (χ4v) is 10.7. The summed E-state index contributed by atoms with van der Waals surface area (Å²) in [5.74, 6) is 1.54. The highest BCUT2D eigenvalue weighted by atomic mass is 15.5. The van der Waals surface area contributed by atoms with Crippen LogP contribution in [0, 0.1) is 26.7 Å². The summed E-state index contributed by atoms with van der Waals surface area (Å²) in [7, 11) is 2.24. The number of para-hydroxylation sites is 1. The summed E-state index contributed by atoms with van der Waals surface area (Å²) < 4.78 is 5.26. The van der Waals surface area contributed by atoms with Crippen molar-refractivity contribution in [3.8, 4) is 11.3 Å². The normalized spacial score (nSPS) is 20.2. The van der Waals surface area contributed by atoms with Gasteiger partial charge in [0.25, 0.3) is 5.65 Å². The number of hydrogen-bond donors (Lipinski definition) is 0. The molecule has 6 heteroatoms. The van der Waals surface area contributed by atoms with Gasteiger partial charge in [-0.05, 0) is 74.1 Å². The molecule has 3 atom stereocenters. The van der Waals surface area contributed by atoms with Crippen LogP contribution in [0.15, 0.2) is 97.6 Å². The van der Waals surface area contributed by atoms with Crippen LogP contribution >= 0.6 is 0 Å². The summed E-state index contributed by atoms with van der Waals surface area (Å²) in [6.45, 7) is 12.5. The predicted octanol–water partition coefficient (Wildman–Crippen LogP) is 9.31. The van der Waals surface area contributed by atoms with Gasteiger partial charge in [-0.25, -0.2) is 14.5 Å². The van der Waals surface area contributed by atoms with E-state index >= 15 is 0 Å². The van der Waals surface area contributed by atoms with Gasteiger partial charge < -0.3 is 9.80 Å². The number of aromatic nitrogens is 4. The first-order chi connectivity index (χ1) is 24.4. The van der Waals surface area contributed by atoms with Gasteiger partial charge in [0.1, 0.15) is 29.9 Å². The van der Waals surface area contributed by atoms with Crippen molar-refractivity contribution in [2.45, 2.75) is 71.5 Å². The van der Waals surface area contributed by atoms with Crippen LogP contribution in [0.25, 0.3) is 38.6 Å². The van der Waals surface area contributed by atoms with Crippen LogP contribution in [-0.4, -0.2) is 27.6 Å². The smallest absolute Gasteiger partial charge is 0.295 e. The second kappa shape index (κ2) is 10.4. The van der Waals surface area contributed by atoms with Crippen molar-refractivity contribution in [2.75, 3.05) is 16.8 Å². The number of fused-ring (bicyclic) bond motifs is 8. The summed E-state index contributed by atoms with van der Waals surface area (Å²) in [6.07, 6.45) is 8.42. The SMILES string of the molecule is CCC1(CC)c2cccc3c4cc(C)ccc4n4c(-c5c(C)cccc5C)c[n+](c4c23)CC1C1c2ccccc2N2c3cncnc3N(C)C12. The lowest BCUT2D eigenvalue weighted by atomic mass is 9.60. The van der Waals surface area contributed by atoms with Crippen LogP contribution in [0.1, 0.15) is 60.4 Å². The number of anilines is 3. The molecule has 7 aromatic rings. The Balaban J connectivity index is 1.33. The molecule has 3 aliphatic rings. The van der Waals surface area contributed by atoms with Crippen LogP contribution < -0.4 is 14.4 Å². The van der Waals surface area contributed by atoms with Gasteiger partial charge in [-0.1, -0.05) is 80.1 Å². The Morgan fingerprint density at radius 2 is 1.64 bits per heavy atom. The molecule has 3 aromatic heterocycles. The molecule has 6 heterocycles. The average molecular weight is 656 g/mol. The number of rotatable bonds is 4. The molecular weight excluding hydrogens is 613 g/mol. The topological polar surface area (TPSA) is 40.6 Å². The Morgan fingerprint density at radius 1 is 0.860 bits per heavy atom. The minimum atomic E-state index is -0.0721. The molecule has 0 saturated heterocycles.